The molecule has 0 saturated heterocycles. The van der Waals surface area contributed by atoms with Crippen LogP contribution in [0.15, 0.2) is 91.1 Å². The molecule has 182 valence electrons. The summed E-state index contributed by atoms with van der Waals surface area (Å²) in [6.07, 6.45) is 5.09. The number of amides is 2. The van der Waals surface area contributed by atoms with Crippen molar-refractivity contribution in [1.82, 2.24) is 14.7 Å². The Balaban J connectivity index is 1.50. The molecule has 1 N–H and O–H groups in total. The topological polar surface area (TPSA) is 76.5 Å². The van der Waals surface area contributed by atoms with E-state index < -0.39 is 0 Å². The number of aryl methyl sites for hydroxylation is 1. The van der Waals surface area contributed by atoms with Gasteiger partial charge in [0.1, 0.15) is 5.75 Å². The molecule has 0 aliphatic rings. The molecule has 0 aliphatic carbocycles. The SMILES string of the molecule is COc1cccc(NC(=O)CN(C)C(=O)/C=C/c2cn(-c3ccccc3)nc2-c2ccc(C)cc2)c1. The van der Waals surface area contributed by atoms with E-state index in [1.807, 2.05) is 67.7 Å². The van der Waals surface area contributed by atoms with Gasteiger partial charge in [0, 0.05) is 42.2 Å². The number of hydrogen-bond donors (Lipinski definition) is 1. The molecule has 3 aromatic carbocycles. The second kappa shape index (κ2) is 11.2. The van der Waals surface area contributed by atoms with E-state index in [0.29, 0.717) is 11.4 Å². The van der Waals surface area contributed by atoms with Crippen molar-refractivity contribution in [3.8, 4) is 22.7 Å². The first-order valence-electron chi connectivity index (χ1n) is 11.5. The number of methoxy groups -OCH3 is 1. The second-order valence-electron chi connectivity index (χ2n) is 8.39. The van der Waals surface area contributed by atoms with Crippen molar-refractivity contribution in [2.75, 3.05) is 26.0 Å². The summed E-state index contributed by atoms with van der Waals surface area (Å²) in [5, 5.41) is 7.56. The maximum absolute atomic E-state index is 12.8. The van der Waals surface area contributed by atoms with Crippen LogP contribution in [0, 0.1) is 6.92 Å². The van der Waals surface area contributed by atoms with Gasteiger partial charge < -0.3 is 15.0 Å². The first kappa shape index (κ1) is 24.5. The van der Waals surface area contributed by atoms with Crippen LogP contribution in [0.25, 0.3) is 23.0 Å². The third-order valence-electron chi connectivity index (χ3n) is 5.60. The predicted molar refractivity (Wildman–Crippen MR) is 142 cm³/mol. The van der Waals surface area contributed by atoms with Gasteiger partial charge in [-0.1, -0.05) is 54.1 Å². The van der Waals surface area contributed by atoms with Crippen LogP contribution in [0.5, 0.6) is 5.75 Å². The molecule has 7 nitrogen and oxygen atoms in total. The van der Waals surface area contributed by atoms with Gasteiger partial charge in [-0.3, -0.25) is 9.59 Å². The average Bonchev–Trinajstić information content (AvgIpc) is 3.32. The maximum Gasteiger partial charge on any atom is 0.246 e. The van der Waals surface area contributed by atoms with E-state index in [1.54, 1.807) is 49.2 Å². The number of nitrogens with one attached hydrogen (secondary N) is 1. The van der Waals surface area contributed by atoms with Crippen LogP contribution in [0.2, 0.25) is 0 Å². The fourth-order valence-electron chi connectivity index (χ4n) is 3.64. The first-order valence-corrected chi connectivity index (χ1v) is 11.5. The second-order valence-corrected chi connectivity index (χ2v) is 8.39. The van der Waals surface area contributed by atoms with Crippen molar-refractivity contribution in [2.45, 2.75) is 6.92 Å². The first-order chi connectivity index (χ1) is 17.4. The summed E-state index contributed by atoms with van der Waals surface area (Å²) < 4.78 is 6.97. The maximum atomic E-state index is 12.8. The van der Waals surface area contributed by atoms with Gasteiger partial charge in [-0.2, -0.15) is 5.10 Å². The monoisotopic (exact) mass is 480 g/mol. The van der Waals surface area contributed by atoms with E-state index in [-0.39, 0.29) is 18.4 Å². The Labute approximate surface area is 210 Å². The quantitative estimate of drug-likeness (QED) is 0.362. The summed E-state index contributed by atoms with van der Waals surface area (Å²) in [6, 6.07) is 25.0. The van der Waals surface area contributed by atoms with Crippen molar-refractivity contribution in [2.24, 2.45) is 0 Å². The van der Waals surface area contributed by atoms with Crippen LogP contribution >= 0.6 is 0 Å². The van der Waals surface area contributed by atoms with E-state index in [4.69, 9.17) is 9.84 Å². The Bertz CT molecular complexity index is 1380. The minimum Gasteiger partial charge on any atom is -0.497 e. The molecule has 0 unspecified atom stereocenters. The standard InChI is InChI=1S/C29H28N4O3/c1-21-12-14-22(15-13-21)29-23(19-33(31-29)25-9-5-4-6-10-25)16-17-28(35)32(2)20-27(34)30-24-8-7-11-26(18-24)36-3/h4-19H,20H2,1-3H3,(H,30,34)/b17-16+. The smallest absolute Gasteiger partial charge is 0.246 e. The lowest BCUT2D eigenvalue weighted by molar-refractivity contribution is -0.129. The van der Waals surface area contributed by atoms with Crippen LogP contribution in [-0.2, 0) is 9.59 Å². The number of carbonyl (C=O) groups excluding carboxylic acids is 2. The van der Waals surface area contributed by atoms with Gasteiger partial charge in [0.25, 0.3) is 0 Å². The molecule has 0 fully saturated rings. The number of anilines is 1. The highest BCUT2D eigenvalue weighted by Crippen LogP contribution is 2.25. The number of para-hydroxylation sites is 1. The summed E-state index contributed by atoms with van der Waals surface area (Å²) in [5.41, 5.74) is 5.19. The highest BCUT2D eigenvalue weighted by molar-refractivity contribution is 5.98. The molecule has 1 aromatic heterocycles. The van der Waals surface area contributed by atoms with Crippen LogP contribution in [0.4, 0.5) is 5.69 Å². The summed E-state index contributed by atoms with van der Waals surface area (Å²) in [5.74, 6) is 0.0449. The van der Waals surface area contributed by atoms with Gasteiger partial charge in [-0.15, -0.1) is 0 Å². The number of nitrogens with zero attached hydrogens (tertiary/aromatic N) is 3. The van der Waals surface area contributed by atoms with E-state index in [2.05, 4.69) is 5.32 Å². The zero-order chi connectivity index (χ0) is 25.5. The number of benzene rings is 3. The molecule has 0 saturated carbocycles. The third-order valence-corrected chi connectivity index (χ3v) is 5.60. The third kappa shape index (κ3) is 6.07. The highest BCUT2D eigenvalue weighted by atomic mass is 16.5. The van der Waals surface area contributed by atoms with Gasteiger partial charge in [-0.25, -0.2) is 4.68 Å². The lowest BCUT2D eigenvalue weighted by atomic mass is 10.1. The Hall–Kier alpha value is -4.65. The molecule has 0 aliphatic heterocycles. The lowest BCUT2D eigenvalue weighted by Crippen LogP contribution is -2.33. The predicted octanol–water partition coefficient (Wildman–Crippen LogP) is 4.97. The van der Waals surface area contributed by atoms with Crippen LogP contribution in [0.1, 0.15) is 11.1 Å². The zero-order valence-electron chi connectivity index (χ0n) is 20.5. The summed E-state index contributed by atoms with van der Waals surface area (Å²) >= 11 is 0. The lowest BCUT2D eigenvalue weighted by Gasteiger charge is -2.15. The molecule has 36 heavy (non-hydrogen) atoms. The molecular formula is C29H28N4O3. The number of aromatic nitrogens is 2. The van der Waals surface area contributed by atoms with E-state index in [9.17, 15) is 9.59 Å². The van der Waals surface area contributed by atoms with Crippen molar-refractivity contribution in [1.29, 1.82) is 0 Å². The van der Waals surface area contributed by atoms with Crippen molar-refractivity contribution >= 4 is 23.6 Å². The largest absolute Gasteiger partial charge is 0.497 e. The Morgan fingerprint density at radius 2 is 1.78 bits per heavy atom. The molecule has 7 heteroatoms. The molecule has 1 heterocycles. The Morgan fingerprint density at radius 1 is 1.03 bits per heavy atom. The van der Waals surface area contributed by atoms with Gasteiger partial charge in [0.2, 0.25) is 11.8 Å². The number of ether oxygens (including phenoxy) is 1. The fourth-order valence-corrected chi connectivity index (χ4v) is 3.64. The Morgan fingerprint density at radius 3 is 2.50 bits per heavy atom. The molecule has 0 bridgehead atoms. The molecule has 4 rings (SSSR count). The highest BCUT2D eigenvalue weighted by Gasteiger charge is 2.14. The molecule has 4 aromatic rings. The van der Waals surface area contributed by atoms with Gasteiger partial charge in [-0.05, 0) is 37.3 Å². The minimum absolute atomic E-state index is 0.0888. The fraction of sp³-hybridized carbons (Fsp3) is 0.138. The van der Waals surface area contributed by atoms with E-state index >= 15 is 0 Å². The van der Waals surface area contributed by atoms with E-state index in [0.717, 1.165) is 28.1 Å². The van der Waals surface area contributed by atoms with Crippen molar-refractivity contribution in [3.05, 3.63) is 102 Å². The van der Waals surface area contributed by atoms with Crippen molar-refractivity contribution < 1.29 is 14.3 Å². The average molecular weight is 481 g/mol. The summed E-state index contributed by atoms with van der Waals surface area (Å²) in [4.78, 5) is 26.6. The van der Waals surface area contributed by atoms with Crippen LogP contribution in [0.3, 0.4) is 0 Å². The number of rotatable bonds is 8. The normalized spacial score (nSPS) is 10.9. The minimum atomic E-state index is -0.301. The zero-order valence-corrected chi connectivity index (χ0v) is 20.5. The van der Waals surface area contributed by atoms with Crippen molar-refractivity contribution in [3.63, 3.8) is 0 Å². The van der Waals surface area contributed by atoms with Gasteiger partial charge in [0.05, 0.1) is 25.0 Å². The number of hydrogen-bond acceptors (Lipinski definition) is 4. The van der Waals surface area contributed by atoms with Crippen LogP contribution < -0.4 is 10.1 Å². The van der Waals surface area contributed by atoms with E-state index in [1.165, 1.54) is 11.0 Å². The number of likely N-dealkylation sites (N-methyl/N-ethyl adjacent to an activating group) is 1. The number of carbonyl (C=O) groups is 2. The molecule has 2 amide bonds. The Kier molecular flexibility index (Phi) is 7.60. The van der Waals surface area contributed by atoms with Gasteiger partial charge in [0.15, 0.2) is 0 Å². The molecule has 0 radical (unpaired) electrons. The van der Waals surface area contributed by atoms with Crippen LogP contribution in [-0.4, -0.2) is 47.2 Å². The van der Waals surface area contributed by atoms with Gasteiger partial charge >= 0.3 is 0 Å². The molecule has 0 atom stereocenters. The summed E-state index contributed by atoms with van der Waals surface area (Å²) in [7, 11) is 3.15. The molecular weight excluding hydrogens is 452 g/mol. The molecule has 0 spiro atoms. The summed E-state index contributed by atoms with van der Waals surface area (Å²) in [6.45, 7) is 1.95.